The zero-order valence-electron chi connectivity index (χ0n) is 16.1. The number of hydrogen-bond donors (Lipinski definition) is 1. The molecule has 0 aliphatic carbocycles. The van der Waals surface area contributed by atoms with Gasteiger partial charge in [0.2, 0.25) is 0 Å². The van der Waals surface area contributed by atoms with Gasteiger partial charge < -0.3 is 27.0 Å². The van der Waals surface area contributed by atoms with E-state index in [0.717, 1.165) is 6.07 Å². The van der Waals surface area contributed by atoms with Gasteiger partial charge in [-0.25, -0.2) is 0 Å². The summed E-state index contributed by atoms with van der Waals surface area (Å²) < 4.78 is 43.3. The molecule has 0 saturated heterocycles. The van der Waals surface area contributed by atoms with E-state index in [0.29, 0.717) is 21.5 Å². The molecule has 1 amide bonds. The number of rotatable bonds is 7. The second-order valence-corrected chi connectivity index (χ2v) is 8.93. The molecule has 0 bridgehead atoms. The topological polar surface area (TPSA) is 76.3 Å². The van der Waals surface area contributed by atoms with Gasteiger partial charge in [-0.2, -0.15) is 13.0 Å². The number of anilines is 1. The first-order valence-corrected chi connectivity index (χ1v) is 11.2. The van der Waals surface area contributed by atoms with E-state index in [4.69, 9.17) is 39.5 Å². The van der Waals surface area contributed by atoms with Crippen molar-refractivity contribution in [3.63, 3.8) is 0 Å². The van der Waals surface area contributed by atoms with E-state index in [1.54, 1.807) is 41.2 Å². The van der Waals surface area contributed by atoms with E-state index in [2.05, 4.69) is 5.32 Å². The Labute approximate surface area is 209 Å². The summed E-state index contributed by atoms with van der Waals surface area (Å²) in [6, 6.07) is 11.7. The monoisotopic (exact) mass is 582 g/mol. The predicted octanol–water partition coefficient (Wildman–Crippen LogP) is 1.66. The predicted molar refractivity (Wildman–Crippen MR) is 116 cm³/mol. The van der Waals surface area contributed by atoms with Crippen LogP contribution in [0.2, 0.25) is 15.1 Å². The summed E-state index contributed by atoms with van der Waals surface area (Å²) in [6.45, 7) is -0.256. The van der Waals surface area contributed by atoms with Crippen LogP contribution in [-0.4, -0.2) is 20.9 Å². The zero-order chi connectivity index (χ0) is 22.6. The molecule has 2 aromatic carbocycles. The summed E-state index contributed by atoms with van der Waals surface area (Å²) in [5.74, 6) is -0.0489. The molecule has 1 N–H and O–H groups in total. The number of aromatic nitrogens is 1. The van der Waals surface area contributed by atoms with Crippen LogP contribution in [0.3, 0.4) is 0 Å². The minimum absolute atomic E-state index is 0. The SMILES string of the molecule is O=C(COc1ccc(Cl)c(Cl)c1)Nc1ccc[n+](Cc2cc(Cl)ccc2S(=O)(=O)F)c1.[Br-]. The average molecular weight is 585 g/mol. The maximum atomic E-state index is 13.6. The van der Waals surface area contributed by atoms with Gasteiger partial charge in [0.15, 0.2) is 25.5 Å². The van der Waals surface area contributed by atoms with Crippen molar-refractivity contribution in [2.45, 2.75) is 11.4 Å². The number of pyridine rings is 1. The van der Waals surface area contributed by atoms with Gasteiger partial charge in [-0.15, -0.1) is 3.89 Å². The highest BCUT2D eigenvalue weighted by molar-refractivity contribution is 7.86. The Hall–Kier alpha value is -1.91. The lowest BCUT2D eigenvalue weighted by molar-refractivity contribution is -0.688. The van der Waals surface area contributed by atoms with E-state index in [-0.39, 0.29) is 40.7 Å². The Morgan fingerprint density at radius 2 is 1.81 bits per heavy atom. The number of nitrogens with zero attached hydrogens (tertiary/aromatic N) is 1. The van der Waals surface area contributed by atoms with Crippen LogP contribution in [0.15, 0.2) is 65.8 Å². The van der Waals surface area contributed by atoms with Crippen LogP contribution in [-0.2, 0) is 21.6 Å². The molecule has 32 heavy (non-hydrogen) atoms. The third-order valence-corrected chi connectivity index (χ3v) is 5.94. The van der Waals surface area contributed by atoms with Gasteiger partial charge in [-0.1, -0.05) is 34.8 Å². The first-order chi connectivity index (χ1) is 14.6. The second-order valence-electron chi connectivity index (χ2n) is 6.37. The van der Waals surface area contributed by atoms with E-state index >= 15 is 0 Å². The summed E-state index contributed by atoms with van der Waals surface area (Å²) in [4.78, 5) is 11.7. The standard InChI is InChI=1S/C20H14Cl3FN2O4S.BrH/c21-14-3-6-19(31(24,28)29)13(8-14)10-26-7-1-2-15(11-26)25-20(27)12-30-16-4-5-17(22)18(23)9-16;/h1-9,11H,10,12H2;1H. The lowest BCUT2D eigenvalue weighted by Crippen LogP contribution is -3.00. The average Bonchev–Trinajstić information content (AvgIpc) is 2.68. The summed E-state index contributed by atoms with van der Waals surface area (Å²) in [5.41, 5.74) is 0.600. The van der Waals surface area contributed by atoms with Gasteiger partial charge in [-0.3, -0.25) is 4.79 Å². The Bertz CT molecular complexity index is 1250. The van der Waals surface area contributed by atoms with Crippen molar-refractivity contribution in [1.29, 1.82) is 0 Å². The molecule has 0 aliphatic rings. The van der Waals surface area contributed by atoms with Crippen LogP contribution in [0.4, 0.5) is 9.57 Å². The minimum Gasteiger partial charge on any atom is -1.00 e. The number of amides is 1. The molecule has 6 nitrogen and oxygen atoms in total. The van der Waals surface area contributed by atoms with Crippen molar-refractivity contribution in [3.05, 3.63) is 81.6 Å². The van der Waals surface area contributed by atoms with Gasteiger partial charge in [0, 0.05) is 22.7 Å². The molecule has 0 atom stereocenters. The molecular weight excluding hydrogens is 570 g/mol. The summed E-state index contributed by atoms with van der Waals surface area (Å²) >= 11 is 17.7. The van der Waals surface area contributed by atoms with E-state index in [1.807, 2.05) is 0 Å². The normalized spacial score (nSPS) is 10.9. The number of hydrogen-bond acceptors (Lipinski definition) is 4. The highest BCUT2D eigenvalue weighted by Crippen LogP contribution is 2.26. The molecule has 0 unspecified atom stereocenters. The molecule has 0 radical (unpaired) electrons. The van der Waals surface area contributed by atoms with Crippen LogP contribution in [0, 0.1) is 0 Å². The third-order valence-electron chi connectivity index (χ3n) is 4.04. The molecule has 0 fully saturated rings. The van der Waals surface area contributed by atoms with Gasteiger partial charge >= 0.3 is 10.2 Å². The molecule has 0 aliphatic heterocycles. The highest BCUT2D eigenvalue weighted by Gasteiger charge is 2.20. The molecule has 1 aromatic heterocycles. The Balaban J connectivity index is 0.00000363. The quantitative estimate of drug-likeness (QED) is 0.339. The summed E-state index contributed by atoms with van der Waals surface area (Å²) in [5, 5.41) is 3.60. The van der Waals surface area contributed by atoms with Gasteiger partial charge in [0.05, 0.1) is 10.0 Å². The fraction of sp³-hybridized carbons (Fsp3) is 0.100. The van der Waals surface area contributed by atoms with E-state index < -0.39 is 21.0 Å². The van der Waals surface area contributed by atoms with Gasteiger partial charge in [-0.05, 0) is 36.4 Å². The molecule has 170 valence electrons. The van der Waals surface area contributed by atoms with Crippen molar-refractivity contribution < 1.29 is 43.4 Å². The lowest BCUT2D eigenvalue weighted by Gasteiger charge is -2.08. The van der Waals surface area contributed by atoms with Crippen molar-refractivity contribution in [2.24, 2.45) is 0 Å². The summed E-state index contributed by atoms with van der Waals surface area (Å²) in [7, 11) is -4.91. The third kappa shape index (κ3) is 7.31. The van der Waals surface area contributed by atoms with Crippen LogP contribution < -0.4 is 31.6 Å². The Morgan fingerprint density at radius 3 is 2.50 bits per heavy atom. The number of ether oxygens (including phenoxy) is 1. The van der Waals surface area contributed by atoms with Crippen LogP contribution in [0.25, 0.3) is 0 Å². The maximum Gasteiger partial charge on any atom is 0.332 e. The van der Waals surface area contributed by atoms with Crippen LogP contribution >= 0.6 is 34.8 Å². The number of benzene rings is 2. The van der Waals surface area contributed by atoms with Crippen molar-refractivity contribution in [1.82, 2.24) is 0 Å². The van der Waals surface area contributed by atoms with Gasteiger partial charge in [0.25, 0.3) is 5.91 Å². The van der Waals surface area contributed by atoms with Crippen molar-refractivity contribution in [2.75, 3.05) is 11.9 Å². The van der Waals surface area contributed by atoms with E-state index in [1.165, 1.54) is 18.2 Å². The molecule has 0 spiro atoms. The zero-order valence-corrected chi connectivity index (χ0v) is 20.7. The Morgan fingerprint density at radius 1 is 1.06 bits per heavy atom. The van der Waals surface area contributed by atoms with E-state index in [9.17, 15) is 17.1 Å². The fourth-order valence-electron chi connectivity index (χ4n) is 2.71. The molecule has 1 heterocycles. The minimum atomic E-state index is -4.91. The largest absolute Gasteiger partial charge is 1.00 e. The fourth-order valence-corrected chi connectivity index (χ4v) is 3.86. The maximum absolute atomic E-state index is 13.6. The second kappa shape index (κ2) is 11.3. The van der Waals surface area contributed by atoms with Crippen molar-refractivity contribution in [3.8, 4) is 5.75 Å². The first-order valence-electron chi connectivity index (χ1n) is 8.72. The molecular formula is C20H15BrCl3FN2O4S. The smallest absolute Gasteiger partial charge is 0.332 e. The Kier molecular flexibility index (Phi) is 9.29. The number of carbonyl (C=O) groups is 1. The van der Waals surface area contributed by atoms with Crippen LogP contribution in [0.5, 0.6) is 5.75 Å². The first kappa shape index (κ1) is 26.3. The van der Waals surface area contributed by atoms with Gasteiger partial charge in [0.1, 0.15) is 16.3 Å². The number of carbonyl (C=O) groups excluding carboxylic acids is 1. The highest BCUT2D eigenvalue weighted by atomic mass is 79.9. The molecule has 3 aromatic rings. The molecule has 0 saturated carbocycles. The summed E-state index contributed by atoms with van der Waals surface area (Å²) in [6.07, 6.45) is 3.20. The molecule has 12 heteroatoms. The lowest BCUT2D eigenvalue weighted by atomic mass is 10.2. The number of halogens is 5. The molecule has 3 rings (SSSR count). The number of nitrogens with one attached hydrogen (secondary N) is 1. The van der Waals surface area contributed by atoms with Crippen molar-refractivity contribution >= 4 is 56.6 Å². The van der Waals surface area contributed by atoms with Crippen LogP contribution in [0.1, 0.15) is 5.56 Å².